The molecule has 0 aliphatic rings. The molecule has 1 nitrogen and oxygen atoms in total. The number of aryl methyl sites for hydroxylation is 1. The normalized spacial score (nSPS) is 10.9. The third-order valence-electron chi connectivity index (χ3n) is 2.94. The fourth-order valence-corrected chi connectivity index (χ4v) is 2.01. The maximum atomic E-state index is 12.6. The fourth-order valence-electron chi connectivity index (χ4n) is 2.01. The van der Waals surface area contributed by atoms with Gasteiger partial charge >= 0.3 is 0 Å². The summed E-state index contributed by atoms with van der Waals surface area (Å²) in [5.74, 6) is 0. The lowest BCUT2D eigenvalue weighted by Gasteiger charge is -2.07. The van der Waals surface area contributed by atoms with Gasteiger partial charge in [0.1, 0.15) is 0 Å². The Morgan fingerprint density at radius 2 is 1.58 bits per heavy atom. The van der Waals surface area contributed by atoms with Gasteiger partial charge in [0.05, 0.1) is 0 Å². The largest absolute Gasteiger partial charge is 0.309 e. The molecule has 19 heavy (non-hydrogen) atoms. The first-order valence-electron chi connectivity index (χ1n) is 6.28. The van der Waals surface area contributed by atoms with Crippen molar-refractivity contribution in [2.75, 3.05) is 0 Å². The highest BCUT2D eigenvalue weighted by molar-refractivity contribution is 5.25. The Hall–Kier alpha value is -1.74. The fraction of sp³-hybridized carbons (Fsp3) is 0.250. The summed E-state index contributed by atoms with van der Waals surface area (Å²) in [6.45, 7) is 3.38. The van der Waals surface area contributed by atoms with Gasteiger partial charge in [0, 0.05) is 18.7 Å². The molecule has 0 aliphatic carbocycles. The van der Waals surface area contributed by atoms with Crippen LogP contribution in [0.2, 0.25) is 0 Å². The Morgan fingerprint density at radius 1 is 0.947 bits per heavy atom. The van der Waals surface area contributed by atoms with Crippen molar-refractivity contribution in [2.24, 2.45) is 0 Å². The summed E-state index contributed by atoms with van der Waals surface area (Å²) >= 11 is 0. The highest BCUT2D eigenvalue weighted by atomic mass is 19.3. The molecule has 0 aromatic heterocycles. The van der Waals surface area contributed by atoms with Gasteiger partial charge in [-0.1, -0.05) is 48.0 Å². The number of nitrogens with one attached hydrogen (secondary N) is 1. The molecule has 2 aromatic carbocycles. The molecule has 0 unspecified atom stereocenters. The second kappa shape index (κ2) is 6.43. The minimum absolute atomic E-state index is 0.0786. The summed E-state index contributed by atoms with van der Waals surface area (Å²) in [6, 6.07) is 14.8. The van der Waals surface area contributed by atoms with Crippen molar-refractivity contribution in [2.45, 2.75) is 26.4 Å². The lowest BCUT2D eigenvalue weighted by Crippen LogP contribution is -2.12. The Kier molecular flexibility index (Phi) is 4.63. The molecule has 2 rings (SSSR count). The molecule has 0 amide bonds. The van der Waals surface area contributed by atoms with E-state index in [2.05, 4.69) is 30.4 Å². The summed E-state index contributed by atoms with van der Waals surface area (Å²) < 4.78 is 25.1. The van der Waals surface area contributed by atoms with Crippen molar-refractivity contribution in [1.29, 1.82) is 0 Å². The first-order valence-corrected chi connectivity index (χ1v) is 6.28. The Balaban J connectivity index is 1.90. The van der Waals surface area contributed by atoms with E-state index in [1.807, 2.05) is 12.1 Å². The van der Waals surface area contributed by atoms with Crippen molar-refractivity contribution in [1.82, 2.24) is 5.32 Å². The third kappa shape index (κ3) is 4.14. The van der Waals surface area contributed by atoms with E-state index in [0.717, 1.165) is 12.1 Å². The molecular weight excluding hydrogens is 244 g/mol. The Labute approximate surface area is 112 Å². The van der Waals surface area contributed by atoms with E-state index in [0.29, 0.717) is 6.54 Å². The van der Waals surface area contributed by atoms with Crippen molar-refractivity contribution in [3.63, 3.8) is 0 Å². The predicted octanol–water partition coefficient (Wildman–Crippen LogP) is 4.22. The number of hydrogen-bond donors (Lipinski definition) is 1. The number of benzene rings is 2. The van der Waals surface area contributed by atoms with Crippen LogP contribution in [0.15, 0.2) is 48.5 Å². The minimum atomic E-state index is -2.41. The van der Waals surface area contributed by atoms with Gasteiger partial charge in [0.25, 0.3) is 6.43 Å². The SMILES string of the molecule is Cc1cccc(CNCc2cccc(C(F)F)c2)c1. The van der Waals surface area contributed by atoms with Gasteiger partial charge in [-0.15, -0.1) is 0 Å². The molecule has 0 fully saturated rings. The van der Waals surface area contributed by atoms with Crippen molar-refractivity contribution < 1.29 is 8.78 Å². The Bertz CT molecular complexity index is 538. The van der Waals surface area contributed by atoms with E-state index in [1.165, 1.54) is 17.2 Å². The maximum absolute atomic E-state index is 12.6. The quantitative estimate of drug-likeness (QED) is 0.849. The molecule has 0 atom stereocenters. The van der Waals surface area contributed by atoms with Crippen LogP contribution in [0.5, 0.6) is 0 Å². The van der Waals surface area contributed by atoms with Gasteiger partial charge in [-0.05, 0) is 24.1 Å². The molecule has 0 spiro atoms. The number of rotatable bonds is 5. The number of alkyl halides is 2. The maximum Gasteiger partial charge on any atom is 0.263 e. The van der Waals surface area contributed by atoms with Gasteiger partial charge in [-0.25, -0.2) is 8.78 Å². The smallest absolute Gasteiger partial charge is 0.263 e. The number of hydrogen-bond acceptors (Lipinski definition) is 1. The van der Waals surface area contributed by atoms with Crippen molar-refractivity contribution in [3.8, 4) is 0 Å². The van der Waals surface area contributed by atoms with E-state index in [-0.39, 0.29) is 5.56 Å². The summed E-state index contributed by atoms with van der Waals surface area (Å²) in [7, 11) is 0. The van der Waals surface area contributed by atoms with Gasteiger partial charge in [-0.3, -0.25) is 0 Å². The lowest BCUT2D eigenvalue weighted by molar-refractivity contribution is 0.151. The summed E-state index contributed by atoms with van der Waals surface area (Å²) in [4.78, 5) is 0. The van der Waals surface area contributed by atoms with Gasteiger partial charge in [0.2, 0.25) is 0 Å². The first kappa shape index (κ1) is 13.7. The summed E-state index contributed by atoms with van der Waals surface area (Å²) in [6.07, 6.45) is -2.41. The van der Waals surface area contributed by atoms with Crippen LogP contribution in [0, 0.1) is 6.92 Å². The summed E-state index contributed by atoms with van der Waals surface area (Å²) in [5, 5.41) is 3.27. The van der Waals surface area contributed by atoms with E-state index in [4.69, 9.17) is 0 Å². The molecule has 0 saturated carbocycles. The zero-order chi connectivity index (χ0) is 13.7. The van der Waals surface area contributed by atoms with Crippen LogP contribution in [0.1, 0.15) is 28.7 Å². The van der Waals surface area contributed by atoms with E-state index in [1.54, 1.807) is 12.1 Å². The number of halogens is 2. The third-order valence-corrected chi connectivity index (χ3v) is 2.94. The molecule has 3 heteroatoms. The van der Waals surface area contributed by atoms with E-state index < -0.39 is 6.43 Å². The van der Waals surface area contributed by atoms with Crippen LogP contribution in [0.25, 0.3) is 0 Å². The summed E-state index contributed by atoms with van der Waals surface area (Å²) in [5.41, 5.74) is 3.38. The zero-order valence-electron chi connectivity index (χ0n) is 10.9. The highest BCUT2D eigenvalue weighted by Gasteiger charge is 2.06. The topological polar surface area (TPSA) is 12.0 Å². The predicted molar refractivity (Wildman–Crippen MR) is 73.1 cm³/mol. The van der Waals surface area contributed by atoms with Crippen molar-refractivity contribution >= 4 is 0 Å². The zero-order valence-corrected chi connectivity index (χ0v) is 10.9. The van der Waals surface area contributed by atoms with Crippen LogP contribution < -0.4 is 5.32 Å². The molecule has 0 aliphatic heterocycles. The molecular formula is C16H17F2N. The van der Waals surface area contributed by atoms with E-state index >= 15 is 0 Å². The molecule has 2 aromatic rings. The van der Waals surface area contributed by atoms with Crippen molar-refractivity contribution in [3.05, 3.63) is 70.8 Å². The Morgan fingerprint density at radius 3 is 2.21 bits per heavy atom. The van der Waals surface area contributed by atoms with Crippen LogP contribution in [-0.2, 0) is 13.1 Å². The second-order valence-corrected chi connectivity index (χ2v) is 4.64. The van der Waals surface area contributed by atoms with Crippen LogP contribution in [-0.4, -0.2) is 0 Å². The standard InChI is InChI=1S/C16H17F2N/c1-12-4-2-5-13(8-12)10-19-11-14-6-3-7-15(9-14)16(17)18/h2-9,16,19H,10-11H2,1H3. The van der Waals surface area contributed by atoms with E-state index in [9.17, 15) is 8.78 Å². The minimum Gasteiger partial charge on any atom is -0.309 e. The molecule has 0 saturated heterocycles. The van der Waals surface area contributed by atoms with Gasteiger partial charge < -0.3 is 5.32 Å². The van der Waals surface area contributed by atoms with Crippen LogP contribution in [0.3, 0.4) is 0 Å². The first-order chi connectivity index (χ1) is 9.15. The molecule has 1 N–H and O–H groups in total. The monoisotopic (exact) mass is 261 g/mol. The highest BCUT2D eigenvalue weighted by Crippen LogP contribution is 2.19. The van der Waals surface area contributed by atoms with Crippen LogP contribution >= 0.6 is 0 Å². The molecule has 100 valence electrons. The average Bonchev–Trinajstić information content (AvgIpc) is 2.39. The molecule has 0 bridgehead atoms. The molecule has 0 heterocycles. The van der Waals surface area contributed by atoms with Crippen LogP contribution in [0.4, 0.5) is 8.78 Å². The van der Waals surface area contributed by atoms with Gasteiger partial charge in [0.15, 0.2) is 0 Å². The lowest BCUT2D eigenvalue weighted by atomic mass is 10.1. The molecule has 0 radical (unpaired) electrons. The average molecular weight is 261 g/mol. The van der Waals surface area contributed by atoms with Gasteiger partial charge in [-0.2, -0.15) is 0 Å². The second-order valence-electron chi connectivity index (χ2n) is 4.64.